The molecule has 9 heteroatoms. The average molecular weight is 434 g/mol. The number of anilines is 1. The van der Waals surface area contributed by atoms with Crippen molar-refractivity contribution in [2.75, 3.05) is 5.32 Å². The van der Waals surface area contributed by atoms with E-state index in [1.165, 1.54) is 18.2 Å². The highest BCUT2D eigenvalue weighted by atomic mass is 79.9. The van der Waals surface area contributed by atoms with E-state index in [1.807, 2.05) is 5.32 Å². The Morgan fingerprint density at radius 3 is 2.04 bits per heavy atom. The molecule has 26 heavy (non-hydrogen) atoms. The number of halogens is 5. The second-order valence-corrected chi connectivity index (χ2v) is 6.12. The lowest BCUT2D eigenvalue weighted by atomic mass is 10.0. The molecule has 0 aliphatic rings. The highest BCUT2D eigenvalue weighted by molar-refractivity contribution is 9.10. The Balaban J connectivity index is 2.25. The third-order valence-corrected chi connectivity index (χ3v) is 4.20. The maximum Gasteiger partial charge on any atom is 0.281 e. The first-order chi connectivity index (χ1) is 12.2. The minimum atomic E-state index is -4.14. The summed E-state index contributed by atoms with van der Waals surface area (Å²) in [6.07, 6.45) is -7.97. The molecule has 138 valence electrons. The molecule has 0 bridgehead atoms. The van der Waals surface area contributed by atoms with Gasteiger partial charge in [0.1, 0.15) is 0 Å². The maximum atomic E-state index is 12.7. The van der Waals surface area contributed by atoms with Crippen molar-refractivity contribution in [1.82, 2.24) is 0 Å². The minimum absolute atomic E-state index is 0.0958. The van der Waals surface area contributed by atoms with Crippen LogP contribution in [0.4, 0.5) is 23.2 Å². The third-order valence-electron chi connectivity index (χ3n) is 3.54. The number of aliphatic hydroxyl groups is 1. The number of hydrogen-bond donors (Lipinski definition) is 2. The van der Waals surface area contributed by atoms with E-state index in [0.29, 0.717) is 5.56 Å². The maximum absolute atomic E-state index is 12.7. The Bertz CT molecular complexity index is 807. The van der Waals surface area contributed by atoms with Gasteiger partial charge in [0.2, 0.25) is 0 Å². The van der Waals surface area contributed by atoms with Crippen LogP contribution in [0.25, 0.3) is 0 Å². The summed E-state index contributed by atoms with van der Waals surface area (Å²) in [5.74, 6) is -2.29. The minimum Gasteiger partial charge on any atom is -0.371 e. The molecule has 0 aromatic heterocycles. The molecule has 2 N–H and O–H groups in total. The fraction of sp³-hybridized carbons (Fsp3) is 0.176. The number of nitrogens with one attached hydrogen (secondary N) is 1. The largest absolute Gasteiger partial charge is 0.371 e. The van der Waals surface area contributed by atoms with Gasteiger partial charge in [-0.3, -0.25) is 9.59 Å². The van der Waals surface area contributed by atoms with Crippen molar-refractivity contribution in [2.45, 2.75) is 18.5 Å². The van der Waals surface area contributed by atoms with Crippen LogP contribution in [-0.2, 0) is 4.79 Å². The lowest BCUT2D eigenvalue weighted by molar-refractivity contribution is -0.184. The summed E-state index contributed by atoms with van der Waals surface area (Å²) >= 11 is 3.03. The van der Waals surface area contributed by atoms with Gasteiger partial charge < -0.3 is 10.4 Å². The Morgan fingerprint density at radius 2 is 1.54 bits per heavy atom. The molecule has 2 aromatic carbocycles. The van der Waals surface area contributed by atoms with Crippen LogP contribution in [0.15, 0.2) is 53.0 Å². The Kier molecular flexibility index (Phi) is 6.14. The molecule has 0 aliphatic carbocycles. The second-order valence-electron chi connectivity index (χ2n) is 5.27. The Hall–Kier alpha value is -2.26. The van der Waals surface area contributed by atoms with Crippen LogP contribution in [0.1, 0.15) is 15.9 Å². The van der Waals surface area contributed by atoms with E-state index in [0.717, 1.165) is 0 Å². The van der Waals surface area contributed by atoms with Gasteiger partial charge in [-0.25, -0.2) is 17.6 Å². The molecule has 0 saturated carbocycles. The number of alkyl halides is 4. The van der Waals surface area contributed by atoms with E-state index in [4.69, 9.17) is 0 Å². The quantitative estimate of drug-likeness (QED) is 0.536. The summed E-state index contributed by atoms with van der Waals surface area (Å²) < 4.78 is 50.9. The van der Waals surface area contributed by atoms with Gasteiger partial charge in [0.15, 0.2) is 5.78 Å². The molecule has 0 atom stereocenters. The molecule has 2 rings (SSSR count). The number of ketones is 1. The first-order valence-corrected chi connectivity index (χ1v) is 7.96. The van der Waals surface area contributed by atoms with Gasteiger partial charge in [0.25, 0.3) is 24.4 Å². The van der Waals surface area contributed by atoms with Gasteiger partial charge >= 0.3 is 0 Å². The zero-order valence-electron chi connectivity index (χ0n) is 12.9. The number of benzene rings is 2. The van der Waals surface area contributed by atoms with Crippen LogP contribution in [0, 0.1) is 0 Å². The van der Waals surface area contributed by atoms with E-state index in [-0.39, 0.29) is 21.5 Å². The lowest BCUT2D eigenvalue weighted by Crippen LogP contribution is -2.54. The summed E-state index contributed by atoms with van der Waals surface area (Å²) in [7, 11) is 0. The first kappa shape index (κ1) is 20.1. The topological polar surface area (TPSA) is 66.4 Å². The van der Waals surface area contributed by atoms with Crippen molar-refractivity contribution in [3.63, 3.8) is 0 Å². The standard InChI is InChI=1S/C17H12BrF4NO3/c18-11-8-10(13(24)9-4-2-1-3-5-9)6-7-12(11)23-16(25)17(26,14(19)20)15(21)22/h1-8,14-15,26H,(H,23,25). The van der Waals surface area contributed by atoms with Gasteiger partial charge in [-0.2, -0.15) is 0 Å². The van der Waals surface area contributed by atoms with Crippen molar-refractivity contribution in [2.24, 2.45) is 0 Å². The van der Waals surface area contributed by atoms with E-state index in [9.17, 15) is 32.3 Å². The zero-order valence-corrected chi connectivity index (χ0v) is 14.5. The summed E-state index contributed by atoms with van der Waals surface area (Å²) in [5, 5.41) is 11.1. The molecular formula is C17H12BrF4NO3. The van der Waals surface area contributed by atoms with Crippen molar-refractivity contribution in [3.05, 3.63) is 64.1 Å². The Labute approximate surface area is 154 Å². The predicted molar refractivity (Wildman–Crippen MR) is 89.6 cm³/mol. The normalized spacial score (nSPS) is 11.7. The van der Waals surface area contributed by atoms with Crippen LogP contribution in [-0.4, -0.2) is 35.2 Å². The zero-order chi connectivity index (χ0) is 19.5. The van der Waals surface area contributed by atoms with Gasteiger partial charge in [-0.05, 0) is 34.1 Å². The fourth-order valence-corrected chi connectivity index (χ4v) is 2.51. The molecule has 4 nitrogen and oxygen atoms in total. The molecule has 0 unspecified atom stereocenters. The van der Waals surface area contributed by atoms with Crippen LogP contribution in [0.5, 0.6) is 0 Å². The van der Waals surface area contributed by atoms with Crippen LogP contribution in [0.2, 0.25) is 0 Å². The number of carbonyl (C=O) groups is 2. The number of hydrogen-bond acceptors (Lipinski definition) is 3. The molecule has 0 fully saturated rings. The van der Waals surface area contributed by atoms with E-state index < -0.39 is 24.4 Å². The molecule has 1 amide bonds. The molecule has 0 saturated heterocycles. The number of carbonyl (C=O) groups excluding carboxylic acids is 2. The molecule has 0 spiro atoms. The smallest absolute Gasteiger partial charge is 0.281 e. The fourth-order valence-electron chi connectivity index (χ4n) is 2.03. The van der Waals surface area contributed by atoms with Crippen molar-refractivity contribution >= 4 is 33.3 Å². The first-order valence-electron chi connectivity index (χ1n) is 7.17. The average Bonchev–Trinajstić information content (AvgIpc) is 2.62. The summed E-state index contributed by atoms with van der Waals surface area (Å²) in [4.78, 5) is 24.0. The SMILES string of the molecule is O=C(c1ccccc1)c1ccc(NC(=O)C(O)(C(F)F)C(F)F)c(Br)c1. The second kappa shape index (κ2) is 7.96. The predicted octanol–water partition coefficient (Wildman–Crippen LogP) is 3.88. The monoisotopic (exact) mass is 433 g/mol. The van der Waals surface area contributed by atoms with Gasteiger partial charge in [-0.15, -0.1) is 0 Å². The Morgan fingerprint density at radius 1 is 0.962 bits per heavy atom. The van der Waals surface area contributed by atoms with Gasteiger partial charge in [0, 0.05) is 15.6 Å². The molecule has 2 aromatic rings. The highest BCUT2D eigenvalue weighted by Crippen LogP contribution is 2.29. The highest BCUT2D eigenvalue weighted by Gasteiger charge is 2.54. The van der Waals surface area contributed by atoms with Gasteiger partial charge in [0.05, 0.1) is 5.69 Å². The van der Waals surface area contributed by atoms with Crippen molar-refractivity contribution in [3.8, 4) is 0 Å². The van der Waals surface area contributed by atoms with Crippen molar-refractivity contribution in [1.29, 1.82) is 0 Å². The van der Waals surface area contributed by atoms with Gasteiger partial charge in [-0.1, -0.05) is 30.3 Å². The van der Waals surface area contributed by atoms with E-state index in [1.54, 1.807) is 30.3 Å². The lowest BCUT2D eigenvalue weighted by Gasteiger charge is -2.25. The summed E-state index contributed by atoms with van der Waals surface area (Å²) in [6, 6.07) is 12.0. The molecular weight excluding hydrogens is 422 g/mol. The van der Waals surface area contributed by atoms with E-state index in [2.05, 4.69) is 15.9 Å². The molecule has 0 radical (unpaired) electrons. The van der Waals surface area contributed by atoms with Crippen LogP contribution >= 0.6 is 15.9 Å². The molecule has 0 heterocycles. The summed E-state index contributed by atoms with van der Waals surface area (Å²) in [5.41, 5.74) is -3.67. The van der Waals surface area contributed by atoms with E-state index >= 15 is 0 Å². The molecule has 0 aliphatic heterocycles. The van der Waals surface area contributed by atoms with Crippen LogP contribution in [0.3, 0.4) is 0 Å². The third kappa shape index (κ3) is 3.94. The van der Waals surface area contributed by atoms with Crippen LogP contribution < -0.4 is 5.32 Å². The number of amides is 1. The summed E-state index contributed by atoms with van der Waals surface area (Å²) in [6.45, 7) is 0. The van der Waals surface area contributed by atoms with Crippen molar-refractivity contribution < 1.29 is 32.3 Å². The number of rotatable bonds is 6.